The molecule has 1 atom stereocenters. The topological polar surface area (TPSA) is 37.3 Å². The fourth-order valence-electron chi connectivity index (χ4n) is 2.72. The second kappa shape index (κ2) is 7.71. The van der Waals surface area contributed by atoms with Gasteiger partial charge in [-0.05, 0) is 23.3 Å². The van der Waals surface area contributed by atoms with E-state index in [0.717, 1.165) is 0 Å². The second-order valence-electron chi connectivity index (χ2n) is 5.63. The highest BCUT2D eigenvalue weighted by atomic mass is 35.5. The Bertz CT molecular complexity index is 823. The Hall–Kier alpha value is -1.65. The molecular weight excluding hydrogens is 375 g/mol. The Kier molecular flexibility index (Phi) is 5.60. The zero-order valence-corrected chi connectivity index (χ0v) is 15.6. The van der Waals surface area contributed by atoms with E-state index in [-0.39, 0.29) is 5.75 Å². The standard InChI is InChI=1S/C20H16Cl2O2S/c21-17-12-7-13-18(22)19(17)25(24)14-20(23,15-8-3-1-4-9-15)16-10-5-2-6-11-16/h1-13,23H,14H2/t25-/m0/s1. The average Bonchev–Trinajstić information content (AvgIpc) is 2.63. The molecule has 0 aromatic heterocycles. The van der Waals surface area contributed by atoms with Crippen molar-refractivity contribution in [2.24, 2.45) is 0 Å². The van der Waals surface area contributed by atoms with Gasteiger partial charge >= 0.3 is 0 Å². The zero-order valence-electron chi connectivity index (χ0n) is 13.2. The van der Waals surface area contributed by atoms with Gasteiger partial charge in [-0.3, -0.25) is 4.21 Å². The van der Waals surface area contributed by atoms with E-state index in [1.165, 1.54) is 0 Å². The first kappa shape index (κ1) is 18.2. The average molecular weight is 391 g/mol. The second-order valence-corrected chi connectivity index (χ2v) is 7.84. The van der Waals surface area contributed by atoms with Crippen LogP contribution in [-0.4, -0.2) is 15.1 Å². The summed E-state index contributed by atoms with van der Waals surface area (Å²) in [6.45, 7) is 0. The smallest absolute Gasteiger partial charge is 0.126 e. The summed E-state index contributed by atoms with van der Waals surface area (Å²) in [6.07, 6.45) is 0. The van der Waals surface area contributed by atoms with Gasteiger partial charge in [0.1, 0.15) is 5.60 Å². The van der Waals surface area contributed by atoms with Crippen molar-refractivity contribution < 1.29 is 9.32 Å². The number of benzene rings is 3. The Morgan fingerprint density at radius 3 is 1.64 bits per heavy atom. The summed E-state index contributed by atoms with van der Waals surface area (Å²) in [5.41, 5.74) is -0.0916. The summed E-state index contributed by atoms with van der Waals surface area (Å²) < 4.78 is 13.0. The summed E-state index contributed by atoms with van der Waals surface area (Å²) in [5, 5.41) is 12.1. The predicted molar refractivity (Wildman–Crippen MR) is 104 cm³/mol. The molecule has 0 aliphatic carbocycles. The third-order valence-electron chi connectivity index (χ3n) is 3.99. The van der Waals surface area contributed by atoms with Gasteiger partial charge in [0.2, 0.25) is 0 Å². The summed E-state index contributed by atoms with van der Waals surface area (Å²) in [5.74, 6) is -0.0511. The van der Waals surface area contributed by atoms with Crippen molar-refractivity contribution in [1.82, 2.24) is 0 Å². The van der Waals surface area contributed by atoms with Gasteiger partial charge in [-0.1, -0.05) is 89.9 Å². The van der Waals surface area contributed by atoms with Crippen LogP contribution in [0.25, 0.3) is 0 Å². The Morgan fingerprint density at radius 1 is 0.760 bits per heavy atom. The molecule has 1 N–H and O–H groups in total. The molecule has 3 aromatic rings. The monoisotopic (exact) mass is 390 g/mol. The maximum atomic E-state index is 13.0. The molecule has 3 rings (SSSR count). The number of halogens is 2. The van der Waals surface area contributed by atoms with Crippen molar-refractivity contribution in [3.8, 4) is 0 Å². The molecule has 0 spiro atoms. The molecular formula is C20H16Cl2O2S. The SMILES string of the molecule is O=[S@@](CC(O)(c1ccccc1)c1ccccc1)c1c(Cl)cccc1Cl. The molecule has 128 valence electrons. The molecule has 0 bridgehead atoms. The number of hydrogen-bond donors (Lipinski definition) is 1. The van der Waals surface area contributed by atoms with Crippen molar-refractivity contribution in [3.05, 3.63) is 100 Å². The minimum atomic E-state index is -1.59. The van der Waals surface area contributed by atoms with Gasteiger partial charge in [-0.25, -0.2) is 0 Å². The molecule has 5 heteroatoms. The molecule has 0 amide bonds. The van der Waals surface area contributed by atoms with Crippen LogP contribution in [0.5, 0.6) is 0 Å². The van der Waals surface area contributed by atoms with Crippen molar-refractivity contribution in [2.75, 3.05) is 5.75 Å². The molecule has 0 saturated carbocycles. The fourth-order valence-corrected chi connectivity index (χ4v) is 5.06. The zero-order chi connectivity index (χ0) is 17.9. The van der Waals surface area contributed by atoms with E-state index in [1.54, 1.807) is 18.2 Å². The van der Waals surface area contributed by atoms with Gasteiger partial charge < -0.3 is 5.11 Å². The molecule has 0 aliphatic rings. The van der Waals surface area contributed by atoms with E-state index >= 15 is 0 Å². The van der Waals surface area contributed by atoms with Gasteiger partial charge in [0.15, 0.2) is 0 Å². The maximum absolute atomic E-state index is 13.0. The van der Waals surface area contributed by atoms with Crippen LogP contribution >= 0.6 is 23.2 Å². The third-order valence-corrected chi connectivity index (χ3v) is 6.42. The number of rotatable bonds is 5. The molecule has 0 saturated heterocycles. The van der Waals surface area contributed by atoms with Gasteiger partial charge in [-0.15, -0.1) is 0 Å². The van der Waals surface area contributed by atoms with Gasteiger partial charge in [0.05, 0.1) is 31.5 Å². The highest BCUT2D eigenvalue weighted by molar-refractivity contribution is 7.85. The van der Waals surface area contributed by atoms with E-state index in [9.17, 15) is 9.32 Å². The van der Waals surface area contributed by atoms with Gasteiger partial charge in [0, 0.05) is 0 Å². The van der Waals surface area contributed by atoms with E-state index < -0.39 is 16.4 Å². The summed E-state index contributed by atoms with van der Waals surface area (Å²) in [6, 6.07) is 23.4. The van der Waals surface area contributed by atoms with Gasteiger partial charge in [-0.2, -0.15) is 0 Å². The molecule has 0 radical (unpaired) electrons. The fraction of sp³-hybridized carbons (Fsp3) is 0.100. The molecule has 2 nitrogen and oxygen atoms in total. The summed E-state index contributed by atoms with van der Waals surface area (Å²) in [4.78, 5) is 0.344. The van der Waals surface area contributed by atoms with E-state index in [4.69, 9.17) is 23.2 Å². The van der Waals surface area contributed by atoms with E-state index in [1.807, 2.05) is 60.7 Å². The van der Waals surface area contributed by atoms with Crippen LogP contribution in [0.4, 0.5) is 0 Å². The Morgan fingerprint density at radius 2 is 1.20 bits per heavy atom. The lowest BCUT2D eigenvalue weighted by molar-refractivity contribution is 0.106. The van der Waals surface area contributed by atoms with E-state index in [0.29, 0.717) is 26.1 Å². The van der Waals surface area contributed by atoms with Crippen LogP contribution in [-0.2, 0) is 16.4 Å². The predicted octanol–water partition coefficient (Wildman–Crippen LogP) is 5.04. The maximum Gasteiger partial charge on any atom is 0.126 e. The molecule has 25 heavy (non-hydrogen) atoms. The first-order chi connectivity index (χ1) is 12.0. The normalized spacial score (nSPS) is 12.8. The molecule has 0 unspecified atom stereocenters. The molecule has 0 fully saturated rings. The van der Waals surface area contributed by atoms with Crippen molar-refractivity contribution in [3.63, 3.8) is 0 Å². The number of aliphatic hydroxyl groups is 1. The van der Waals surface area contributed by atoms with Crippen LogP contribution in [0.15, 0.2) is 83.8 Å². The van der Waals surface area contributed by atoms with Crippen LogP contribution in [0.2, 0.25) is 10.0 Å². The van der Waals surface area contributed by atoms with Crippen LogP contribution < -0.4 is 0 Å². The lowest BCUT2D eigenvalue weighted by atomic mass is 9.88. The quantitative estimate of drug-likeness (QED) is 0.662. The first-order valence-corrected chi connectivity index (χ1v) is 9.75. The first-order valence-electron chi connectivity index (χ1n) is 7.68. The van der Waals surface area contributed by atoms with Gasteiger partial charge in [0.25, 0.3) is 0 Å². The lowest BCUT2D eigenvalue weighted by Crippen LogP contribution is -2.34. The van der Waals surface area contributed by atoms with Crippen molar-refractivity contribution >= 4 is 34.0 Å². The Balaban J connectivity index is 2.06. The molecule has 3 aromatic carbocycles. The van der Waals surface area contributed by atoms with Crippen LogP contribution in [0.3, 0.4) is 0 Å². The Labute approximate surface area is 159 Å². The number of hydrogen-bond acceptors (Lipinski definition) is 2. The van der Waals surface area contributed by atoms with Crippen molar-refractivity contribution in [1.29, 1.82) is 0 Å². The van der Waals surface area contributed by atoms with Crippen molar-refractivity contribution in [2.45, 2.75) is 10.5 Å². The molecule has 0 heterocycles. The van der Waals surface area contributed by atoms with Crippen LogP contribution in [0.1, 0.15) is 11.1 Å². The summed E-state index contributed by atoms with van der Waals surface area (Å²) in [7, 11) is -1.59. The largest absolute Gasteiger partial charge is 0.379 e. The minimum absolute atomic E-state index is 0.0511. The molecule has 0 aliphatic heterocycles. The lowest BCUT2D eigenvalue weighted by Gasteiger charge is -2.29. The van der Waals surface area contributed by atoms with E-state index in [2.05, 4.69) is 0 Å². The van der Waals surface area contributed by atoms with Crippen LogP contribution in [0, 0.1) is 0 Å². The highest BCUT2D eigenvalue weighted by Gasteiger charge is 2.34. The minimum Gasteiger partial charge on any atom is -0.379 e. The third kappa shape index (κ3) is 3.80. The summed E-state index contributed by atoms with van der Waals surface area (Å²) >= 11 is 12.4. The highest BCUT2D eigenvalue weighted by Crippen LogP contribution is 2.35.